The lowest BCUT2D eigenvalue weighted by Gasteiger charge is -2.38. The molecule has 0 amide bonds. The fourth-order valence-corrected chi connectivity index (χ4v) is 2.12. The lowest BCUT2D eigenvalue weighted by atomic mass is 9.76. The van der Waals surface area contributed by atoms with Gasteiger partial charge in [-0.05, 0) is 31.4 Å². The second-order valence-corrected chi connectivity index (χ2v) is 4.72. The Hall–Kier alpha value is -1.82. The van der Waals surface area contributed by atoms with Gasteiger partial charge in [0.15, 0.2) is 0 Å². The summed E-state index contributed by atoms with van der Waals surface area (Å²) in [4.78, 5) is 21.5. The number of nitrogens with zero attached hydrogens (tertiary/aromatic N) is 1. The number of nitro groups is 1. The lowest BCUT2D eigenvalue weighted by molar-refractivity contribution is -0.384. The zero-order valence-corrected chi connectivity index (χ0v) is 10.1. The maximum Gasteiger partial charge on any atom is 0.329 e. The summed E-state index contributed by atoms with van der Waals surface area (Å²) in [6, 6.07) is 4.04. The van der Waals surface area contributed by atoms with Crippen molar-refractivity contribution in [3.05, 3.63) is 33.3 Å². The van der Waals surface area contributed by atoms with Crippen molar-refractivity contribution in [1.82, 2.24) is 0 Å². The van der Waals surface area contributed by atoms with E-state index in [2.05, 4.69) is 5.32 Å². The third-order valence-corrected chi connectivity index (χ3v) is 3.38. The van der Waals surface area contributed by atoms with Crippen molar-refractivity contribution in [2.45, 2.75) is 24.8 Å². The van der Waals surface area contributed by atoms with Gasteiger partial charge in [-0.25, -0.2) is 4.79 Å². The molecule has 1 saturated carbocycles. The number of nitrogens with one attached hydrogen (secondary N) is 1. The molecule has 6 nitrogen and oxygen atoms in total. The van der Waals surface area contributed by atoms with E-state index < -0.39 is 16.4 Å². The summed E-state index contributed by atoms with van der Waals surface area (Å²) in [7, 11) is 0. The minimum atomic E-state index is -1.10. The van der Waals surface area contributed by atoms with Crippen molar-refractivity contribution in [3.63, 3.8) is 0 Å². The van der Waals surface area contributed by atoms with E-state index in [1.165, 1.54) is 18.2 Å². The molecule has 0 aliphatic heterocycles. The van der Waals surface area contributed by atoms with Gasteiger partial charge in [-0.2, -0.15) is 0 Å². The molecule has 7 heteroatoms. The van der Waals surface area contributed by atoms with Crippen molar-refractivity contribution < 1.29 is 14.8 Å². The average Bonchev–Trinajstić information content (AvgIpc) is 2.22. The molecule has 0 saturated heterocycles. The zero-order chi connectivity index (χ0) is 13.3. The maximum atomic E-state index is 11.2. The number of carbonyl (C=O) groups is 1. The van der Waals surface area contributed by atoms with Gasteiger partial charge < -0.3 is 10.4 Å². The van der Waals surface area contributed by atoms with Gasteiger partial charge in [0, 0.05) is 11.1 Å². The number of rotatable bonds is 4. The first-order chi connectivity index (χ1) is 8.44. The van der Waals surface area contributed by atoms with Gasteiger partial charge in [0.1, 0.15) is 11.2 Å². The Labute approximate surface area is 108 Å². The predicted octanol–water partition coefficient (Wildman–Crippen LogP) is 2.67. The van der Waals surface area contributed by atoms with E-state index in [4.69, 9.17) is 11.6 Å². The van der Waals surface area contributed by atoms with Gasteiger partial charge in [0.05, 0.1) is 4.92 Å². The Bertz CT molecular complexity index is 514. The molecular formula is C11H11ClN2O4. The summed E-state index contributed by atoms with van der Waals surface area (Å²) in [6.45, 7) is 0. The average molecular weight is 271 g/mol. The van der Waals surface area contributed by atoms with E-state index in [-0.39, 0.29) is 11.4 Å². The number of nitro benzene ring substituents is 1. The number of hydrogen-bond acceptors (Lipinski definition) is 4. The van der Waals surface area contributed by atoms with E-state index in [0.717, 1.165) is 6.42 Å². The zero-order valence-electron chi connectivity index (χ0n) is 9.35. The molecule has 96 valence electrons. The highest BCUT2D eigenvalue weighted by molar-refractivity contribution is 6.31. The molecule has 0 spiro atoms. The summed E-state index contributed by atoms with van der Waals surface area (Å²) < 4.78 is 0. The number of anilines is 1. The normalized spacial score (nSPS) is 16.7. The molecule has 0 heterocycles. The largest absolute Gasteiger partial charge is 0.480 e. The monoisotopic (exact) mass is 270 g/mol. The Morgan fingerprint density at radius 3 is 2.61 bits per heavy atom. The summed E-state index contributed by atoms with van der Waals surface area (Å²) >= 11 is 5.78. The quantitative estimate of drug-likeness (QED) is 0.648. The SMILES string of the molecule is O=C(O)C1(Nc2cc(Cl)ccc2[N+](=O)[O-])CCC1. The van der Waals surface area contributed by atoms with Crippen molar-refractivity contribution >= 4 is 28.9 Å². The van der Waals surface area contributed by atoms with Crippen molar-refractivity contribution in [2.24, 2.45) is 0 Å². The van der Waals surface area contributed by atoms with Crippen LogP contribution in [0.2, 0.25) is 5.02 Å². The lowest BCUT2D eigenvalue weighted by Crippen LogP contribution is -2.52. The molecule has 0 radical (unpaired) electrons. The molecule has 1 aromatic rings. The van der Waals surface area contributed by atoms with E-state index >= 15 is 0 Å². The van der Waals surface area contributed by atoms with Crippen LogP contribution in [0.25, 0.3) is 0 Å². The van der Waals surface area contributed by atoms with Gasteiger partial charge in [-0.1, -0.05) is 11.6 Å². The van der Waals surface area contributed by atoms with Crippen LogP contribution in [0, 0.1) is 10.1 Å². The first-order valence-electron chi connectivity index (χ1n) is 5.40. The van der Waals surface area contributed by atoms with E-state index in [9.17, 15) is 20.0 Å². The maximum absolute atomic E-state index is 11.2. The van der Waals surface area contributed by atoms with E-state index in [0.29, 0.717) is 17.9 Å². The minimum absolute atomic E-state index is 0.148. The van der Waals surface area contributed by atoms with Crippen LogP contribution in [0.5, 0.6) is 0 Å². The standard InChI is InChI=1S/C11H11ClN2O4/c12-7-2-3-9(14(17)18)8(6-7)13-11(10(15)16)4-1-5-11/h2-3,6,13H,1,4-5H2,(H,15,16). The molecule has 0 atom stereocenters. The Kier molecular flexibility index (Phi) is 3.13. The van der Waals surface area contributed by atoms with Gasteiger partial charge in [-0.15, -0.1) is 0 Å². The fraction of sp³-hybridized carbons (Fsp3) is 0.364. The summed E-state index contributed by atoms with van der Waals surface area (Å²) in [6.07, 6.45) is 1.69. The molecule has 18 heavy (non-hydrogen) atoms. The van der Waals surface area contributed by atoms with Crippen LogP contribution < -0.4 is 5.32 Å². The van der Waals surface area contributed by atoms with Crippen molar-refractivity contribution in [2.75, 3.05) is 5.32 Å². The number of hydrogen-bond donors (Lipinski definition) is 2. The van der Waals surface area contributed by atoms with Crippen molar-refractivity contribution in [3.8, 4) is 0 Å². The van der Waals surface area contributed by atoms with Crippen molar-refractivity contribution in [1.29, 1.82) is 0 Å². The molecule has 0 bridgehead atoms. The predicted molar refractivity (Wildman–Crippen MR) is 65.9 cm³/mol. The first-order valence-corrected chi connectivity index (χ1v) is 5.78. The van der Waals surface area contributed by atoms with E-state index in [1.807, 2.05) is 0 Å². The summed E-state index contributed by atoms with van der Waals surface area (Å²) in [5, 5.41) is 23.1. The van der Waals surface area contributed by atoms with Gasteiger partial charge >= 0.3 is 5.97 Å². The molecule has 2 rings (SSSR count). The highest BCUT2D eigenvalue weighted by Gasteiger charge is 2.45. The van der Waals surface area contributed by atoms with Gasteiger partial charge in [0.2, 0.25) is 0 Å². The van der Waals surface area contributed by atoms with E-state index in [1.54, 1.807) is 0 Å². The number of carboxylic acid groups (broad SMARTS) is 1. The van der Waals surface area contributed by atoms with Crippen LogP contribution in [0.4, 0.5) is 11.4 Å². The molecule has 1 aliphatic carbocycles. The third kappa shape index (κ3) is 2.11. The highest BCUT2D eigenvalue weighted by Crippen LogP contribution is 2.38. The van der Waals surface area contributed by atoms with Gasteiger partial charge in [-0.3, -0.25) is 10.1 Å². The number of halogens is 1. The van der Waals surface area contributed by atoms with Crippen LogP contribution in [0.3, 0.4) is 0 Å². The van der Waals surface area contributed by atoms with Crippen LogP contribution in [0.15, 0.2) is 18.2 Å². The minimum Gasteiger partial charge on any atom is -0.480 e. The third-order valence-electron chi connectivity index (χ3n) is 3.15. The smallest absolute Gasteiger partial charge is 0.329 e. The second-order valence-electron chi connectivity index (χ2n) is 4.28. The van der Waals surface area contributed by atoms with Crippen LogP contribution in [-0.2, 0) is 4.79 Å². The molecule has 1 aliphatic rings. The molecular weight excluding hydrogens is 260 g/mol. The molecule has 1 aromatic carbocycles. The Morgan fingerprint density at radius 2 is 2.17 bits per heavy atom. The van der Waals surface area contributed by atoms with Gasteiger partial charge in [0.25, 0.3) is 5.69 Å². The summed E-state index contributed by atoms with van der Waals surface area (Å²) in [5.74, 6) is -0.997. The Balaban J connectivity index is 2.36. The molecule has 0 aromatic heterocycles. The summed E-state index contributed by atoms with van der Waals surface area (Å²) in [5.41, 5.74) is -1.13. The number of aliphatic carboxylic acids is 1. The topological polar surface area (TPSA) is 92.5 Å². The van der Waals surface area contributed by atoms with Crippen LogP contribution in [-0.4, -0.2) is 21.5 Å². The highest BCUT2D eigenvalue weighted by atomic mass is 35.5. The molecule has 1 fully saturated rings. The molecule has 2 N–H and O–H groups in total. The number of benzene rings is 1. The second kappa shape index (κ2) is 4.45. The number of carboxylic acids is 1. The van der Waals surface area contributed by atoms with Crippen LogP contribution >= 0.6 is 11.6 Å². The first kappa shape index (κ1) is 12.6. The van der Waals surface area contributed by atoms with Crippen LogP contribution in [0.1, 0.15) is 19.3 Å². The fourth-order valence-electron chi connectivity index (χ4n) is 1.95. The Morgan fingerprint density at radius 1 is 1.50 bits per heavy atom. The molecule has 0 unspecified atom stereocenters.